The minimum Gasteiger partial charge on any atom is -0.326 e. The summed E-state index contributed by atoms with van der Waals surface area (Å²) in [5.74, 6) is 1.58. The standard InChI is InChI=1S/C22H27ClN2O2S/c1-15-12-16(2)22(17(3)13-15)25-20(26)8-5-10-28-11-9-21(27)24-19-7-4-6-18(23)14-19/h4,6-7,12-14H,5,8-11H2,1-3H3,(H,24,27)(H,25,26). The van der Waals surface area contributed by atoms with Crippen LogP contribution in [0.5, 0.6) is 0 Å². The number of aryl methyl sites for hydroxylation is 3. The predicted octanol–water partition coefficient (Wildman–Crippen LogP) is 5.75. The molecule has 0 bridgehead atoms. The van der Waals surface area contributed by atoms with Crippen LogP contribution >= 0.6 is 23.4 Å². The summed E-state index contributed by atoms with van der Waals surface area (Å²) < 4.78 is 0. The van der Waals surface area contributed by atoms with E-state index in [0.29, 0.717) is 23.6 Å². The molecule has 2 amide bonds. The number of benzene rings is 2. The lowest BCUT2D eigenvalue weighted by Crippen LogP contribution is -2.14. The number of carbonyl (C=O) groups excluding carboxylic acids is 2. The van der Waals surface area contributed by atoms with Crippen LogP contribution in [0.25, 0.3) is 0 Å². The quantitative estimate of drug-likeness (QED) is 0.510. The number of amides is 2. The van der Waals surface area contributed by atoms with Crippen LogP contribution in [0.1, 0.15) is 36.0 Å². The molecular formula is C22H27ClN2O2S. The van der Waals surface area contributed by atoms with E-state index in [4.69, 9.17) is 11.6 Å². The molecule has 0 aliphatic heterocycles. The SMILES string of the molecule is Cc1cc(C)c(NC(=O)CCCSCCC(=O)Nc2cccc(Cl)c2)c(C)c1. The van der Waals surface area contributed by atoms with Gasteiger partial charge in [-0.2, -0.15) is 11.8 Å². The summed E-state index contributed by atoms with van der Waals surface area (Å²) in [6.07, 6.45) is 1.70. The highest BCUT2D eigenvalue weighted by Crippen LogP contribution is 2.22. The van der Waals surface area contributed by atoms with Gasteiger partial charge in [0, 0.05) is 35.0 Å². The van der Waals surface area contributed by atoms with Crippen LogP contribution in [-0.2, 0) is 9.59 Å². The second-order valence-corrected chi connectivity index (χ2v) is 8.51. The number of anilines is 2. The molecule has 0 fully saturated rings. The van der Waals surface area contributed by atoms with E-state index in [1.807, 2.05) is 19.9 Å². The smallest absolute Gasteiger partial charge is 0.225 e. The summed E-state index contributed by atoms with van der Waals surface area (Å²) in [7, 11) is 0. The predicted molar refractivity (Wildman–Crippen MR) is 121 cm³/mol. The fourth-order valence-electron chi connectivity index (χ4n) is 2.97. The van der Waals surface area contributed by atoms with Gasteiger partial charge in [-0.05, 0) is 62.3 Å². The minimum atomic E-state index is -0.0298. The van der Waals surface area contributed by atoms with Crippen LogP contribution in [0.4, 0.5) is 11.4 Å². The molecule has 0 spiro atoms. The van der Waals surface area contributed by atoms with Crippen LogP contribution in [0.2, 0.25) is 5.02 Å². The molecule has 0 unspecified atom stereocenters. The Morgan fingerprint density at radius 1 is 0.929 bits per heavy atom. The summed E-state index contributed by atoms with van der Waals surface area (Å²) in [5, 5.41) is 6.45. The highest BCUT2D eigenvalue weighted by atomic mass is 35.5. The summed E-state index contributed by atoms with van der Waals surface area (Å²) in [6.45, 7) is 6.08. The number of rotatable bonds is 9. The van der Waals surface area contributed by atoms with E-state index in [9.17, 15) is 9.59 Å². The van der Waals surface area contributed by atoms with Gasteiger partial charge >= 0.3 is 0 Å². The van der Waals surface area contributed by atoms with Crippen LogP contribution < -0.4 is 10.6 Å². The fourth-order valence-corrected chi connectivity index (χ4v) is 4.04. The Kier molecular flexibility index (Phi) is 8.87. The Bertz CT molecular complexity index is 816. The first kappa shape index (κ1) is 22.3. The van der Waals surface area contributed by atoms with Gasteiger partial charge in [-0.25, -0.2) is 0 Å². The van der Waals surface area contributed by atoms with Crippen LogP contribution in [0.3, 0.4) is 0 Å². The van der Waals surface area contributed by atoms with Crippen molar-refractivity contribution in [3.63, 3.8) is 0 Å². The molecule has 150 valence electrons. The summed E-state index contributed by atoms with van der Waals surface area (Å²) >= 11 is 7.59. The third kappa shape index (κ3) is 7.56. The lowest BCUT2D eigenvalue weighted by Gasteiger charge is -2.12. The van der Waals surface area contributed by atoms with E-state index in [1.165, 1.54) is 5.56 Å². The molecule has 0 aliphatic carbocycles. The zero-order valence-electron chi connectivity index (χ0n) is 16.6. The lowest BCUT2D eigenvalue weighted by atomic mass is 10.0. The molecule has 2 aromatic rings. The second-order valence-electron chi connectivity index (χ2n) is 6.85. The van der Waals surface area contributed by atoms with E-state index in [-0.39, 0.29) is 11.8 Å². The van der Waals surface area contributed by atoms with E-state index < -0.39 is 0 Å². The molecule has 0 aliphatic rings. The van der Waals surface area contributed by atoms with Gasteiger partial charge in [0.15, 0.2) is 0 Å². The molecule has 2 rings (SSSR count). The normalized spacial score (nSPS) is 10.6. The molecule has 0 atom stereocenters. The first-order chi connectivity index (χ1) is 13.3. The maximum absolute atomic E-state index is 12.2. The summed E-state index contributed by atoms with van der Waals surface area (Å²) in [6, 6.07) is 11.3. The van der Waals surface area contributed by atoms with Crippen molar-refractivity contribution in [3.8, 4) is 0 Å². The van der Waals surface area contributed by atoms with Gasteiger partial charge in [-0.3, -0.25) is 9.59 Å². The summed E-state index contributed by atoms with van der Waals surface area (Å²) in [4.78, 5) is 24.1. The number of carbonyl (C=O) groups is 2. The Balaban J connectivity index is 1.61. The van der Waals surface area contributed by atoms with Gasteiger partial charge in [0.2, 0.25) is 11.8 Å². The molecule has 2 N–H and O–H groups in total. The second kappa shape index (κ2) is 11.1. The molecule has 28 heavy (non-hydrogen) atoms. The van der Waals surface area contributed by atoms with Crippen LogP contribution in [0, 0.1) is 20.8 Å². The Labute approximate surface area is 176 Å². The molecule has 6 heteroatoms. The van der Waals surface area contributed by atoms with E-state index >= 15 is 0 Å². The molecule has 4 nitrogen and oxygen atoms in total. The molecule has 2 aromatic carbocycles. The van der Waals surface area contributed by atoms with Crippen molar-refractivity contribution in [1.29, 1.82) is 0 Å². The molecule has 0 radical (unpaired) electrons. The van der Waals surface area contributed by atoms with Crippen LogP contribution in [-0.4, -0.2) is 23.3 Å². The topological polar surface area (TPSA) is 58.2 Å². The average Bonchev–Trinajstić information content (AvgIpc) is 2.61. The van der Waals surface area contributed by atoms with Crippen molar-refractivity contribution in [3.05, 3.63) is 58.1 Å². The molecule has 0 heterocycles. The minimum absolute atomic E-state index is 0.0298. The number of hydrogen-bond acceptors (Lipinski definition) is 3. The first-order valence-electron chi connectivity index (χ1n) is 9.36. The molecule has 0 saturated heterocycles. The van der Waals surface area contributed by atoms with E-state index in [1.54, 1.807) is 30.0 Å². The van der Waals surface area contributed by atoms with E-state index in [2.05, 4.69) is 29.7 Å². The number of halogens is 1. The van der Waals surface area contributed by atoms with Gasteiger partial charge in [0.05, 0.1) is 0 Å². The van der Waals surface area contributed by atoms with Crippen molar-refractivity contribution >= 4 is 46.6 Å². The monoisotopic (exact) mass is 418 g/mol. The lowest BCUT2D eigenvalue weighted by molar-refractivity contribution is -0.116. The maximum Gasteiger partial charge on any atom is 0.225 e. The van der Waals surface area contributed by atoms with Gasteiger partial charge in [0.25, 0.3) is 0 Å². The number of nitrogens with one attached hydrogen (secondary N) is 2. The number of thioether (sulfide) groups is 1. The van der Waals surface area contributed by atoms with Crippen molar-refractivity contribution in [2.24, 2.45) is 0 Å². The van der Waals surface area contributed by atoms with Crippen molar-refractivity contribution < 1.29 is 9.59 Å². The maximum atomic E-state index is 12.2. The van der Waals surface area contributed by atoms with Crippen LogP contribution in [0.15, 0.2) is 36.4 Å². The third-order valence-electron chi connectivity index (χ3n) is 4.22. The largest absolute Gasteiger partial charge is 0.326 e. The average molecular weight is 419 g/mol. The zero-order valence-corrected chi connectivity index (χ0v) is 18.2. The highest BCUT2D eigenvalue weighted by molar-refractivity contribution is 7.99. The van der Waals surface area contributed by atoms with Crippen molar-refractivity contribution in [2.75, 3.05) is 22.1 Å². The van der Waals surface area contributed by atoms with Crippen molar-refractivity contribution in [2.45, 2.75) is 40.0 Å². The third-order valence-corrected chi connectivity index (χ3v) is 5.52. The zero-order chi connectivity index (χ0) is 20.5. The van der Waals surface area contributed by atoms with Gasteiger partial charge in [-0.1, -0.05) is 35.4 Å². The number of hydrogen-bond donors (Lipinski definition) is 2. The van der Waals surface area contributed by atoms with Gasteiger partial charge in [-0.15, -0.1) is 0 Å². The van der Waals surface area contributed by atoms with E-state index in [0.717, 1.165) is 34.7 Å². The fraction of sp³-hybridized carbons (Fsp3) is 0.364. The Morgan fingerprint density at radius 2 is 1.61 bits per heavy atom. The highest BCUT2D eigenvalue weighted by Gasteiger charge is 2.08. The molecular weight excluding hydrogens is 392 g/mol. The van der Waals surface area contributed by atoms with Gasteiger partial charge < -0.3 is 10.6 Å². The molecule has 0 saturated carbocycles. The molecule has 0 aromatic heterocycles. The Hall–Kier alpha value is -1.98. The summed E-state index contributed by atoms with van der Waals surface area (Å²) in [5.41, 5.74) is 5.00. The van der Waals surface area contributed by atoms with Crippen molar-refractivity contribution in [1.82, 2.24) is 0 Å². The first-order valence-corrected chi connectivity index (χ1v) is 10.9. The van der Waals surface area contributed by atoms with Gasteiger partial charge in [0.1, 0.15) is 0 Å². The Morgan fingerprint density at radius 3 is 2.29 bits per heavy atom.